The predicted molar refractivity (Wildman–Crippen MR) is 124 cm³/mol. The Kier molecular flexibility index (Phi) is 5.48. The molecule has 1 aliphatic rings. The highest BCUT2D eigenvalue weighted by atomic mass is 15.4. The minimum Gasteiger partial charge on any atom is -0.381 e. The van der Waals surface area contributed by atoms with Gasteiger partial charge in [-0.15, -0.1) is 5.10 Å². The van der Waals surface area contributed by atoms with Crippen molar-refractivity contribution in [2.75, 3.05) is 5.32 Å². The molecule has 5 rings (SSSR count). The topological polar surface area (TPSA) is 136 Å². The first-order chi connectivity index (χ1) is 16.0. The Bertz CT molecular complexity index is 1320. The number of nitriles is 1. The minimum absolute atomic E-state index is 0.201. The van der Waals surface area contributed by atoms with Gasteiger partial charge in [0.25, 0.3) is 0 Å². The molecule has 10 heteroatoms. The summed E-state index contributed by atoms with van der Waals surface area (Å²) in [5, 5.41) is 26.7. The van der Waals surface area contributed by atoms with Gasteiger partial charge in [0.05, 0.1) is 35.5 Å². The van der Waals surface area contributed by atoms with Crippen LogP contribution >= 0.6 is 0 Å². The van der Waals surface area contributed by atoms with Gasteiger partial charge in [-0.25, -0.2) is 14.6 Å². The summed E-state index contributed by atoms with van der Waals surface area (Å²) < 4.78 is 3.45. The van der Waals surface area contributed by atoms with Gasteiger partial charge in [0.2, 0.25) is 0 Å². The number of nitrogens with one attached hydrogen (secondary N) is 1. The van der Waals surface area contributed by atoms with Crippen molar-refractivity contribution in [3.8, 4) is 17.6 Å². The van der Waals surface area contributed by atoms with E-state index < -0.39 is 0 Å². The van der Waals surface area contributed by atoms with E-state index in [2.05, 4.69) is 50.6 Å². The second-order valence-corrected chi connectivity index (χ2v) is 8.86. The van der Waals surface area contributed by atoms with E-state index in [1.807, 2.05) is 12.3 Å². The maximum atomic E-state index is 9.12. The van der Waals surface area contributed by atoms with Crippen molar-refractivity contribution >= 4 is 16.7 Å². The summed E-state index contributed by atoms with van der Waals surface area (Å²) in [4.78, 5) is 9.04. The number of anilines is 1. The van der Waals surface area contributed by atoms with Crippen molar-refractivity contribution in [1.29, 1.82) is 5.26 Å². The molecule has 4 heterocycles. The molecule has 1 fully saturated rings. The summed E-state index contributed by atoms with van der Waals surface area (Å²) in [7, 11) is 0. The van der Waals surface area contributed by atoms with Crippen LogP contribution < -0.4 is 11.1 Å². The van der Waals surface area contributed by atoms with Crippen LogP contribution in [0.5, 0.6) is 0 Å². The SMILES string of the molecule is CC(C)Nc1cc(-n2ncc3cc(C#N)cnc32)ncc1-n1cc([C@H]2CC[C@H](N)CC2)nn1. The van der Waals surface area contributed by atoms with Gasteiger partial charge in [-0.3, -0.25) is 0 Å². The molecule has 1 aliphatic carbocycles. The van der Waals surface area contributed by atoms with E-state index in [4.69, 9.17) is 11.0 Å². The van der Waals surface area contributed by atoms with Crippen LogP contribution in [0.15, 0.2) is 36.9 Å². The number of rotatable bonds is 5. The van der Waals surface area contributed by atoms with Gasteiger partial charge < -0.3 is 11.1 Å². The van der Waals surface area contributed by atoms with E-state index >= 15 is 0 Å². The average Bonchev–Trinajstić information content (AvgIpc) is 3.46. The molecule has 3 N–H and O–H groups in total. The van der Waals surface area contributed by atoms with Crippen LogP contribution in [0.1, 0.15) is 56.7 Å². The van der Waals surface area contributed by atoms with Gasteiger partial charge in [-0.05, 0) is 45.6 Å². The molecular weight excluding hydrogens is 416 g/mol. The molecule has 0 atom stereocenters. The number of hydrogen-bond acceptors (Lipinski definition) is 8. The Balaban J connectivity index is 1.50. The first-order valence-corrected chi connectivity index (χ1v) is 11.2. The lowest BCUT2D eigenvalue weighted by atomic mass is 9.85. The third kappa shape index (κ3) is 4.15. The van der Waals surface area contributed by atoms with Crippen LogP contribution in [0, 0.1) is 11.3 Å². The second-order valence-electron chi connectivity index (χ2n) is 8.86. The number of pyridine rings is 2. The van der Waals surface area contributed by atoms with Crippen molar-refractivity contribution in [2.45, 2.75) is 57.5 Å². The van der Waals surface area contributed by atoms with E-state index in [-0.39, 0.29) is 6.04 Å². The smallest absolute Gasteiger partial charge is 0.164 e. The van der Waals surface area contributed by atoms with Crippen LogP contribution in [0.25, 0.3) is 22.5 Å². The van der Waals surface area contributed by atoms with Crippen LogP contribution in [0.2, 0.25) is 0 Å². The molecule has 0 aliphatic heterocycles. The second kappa shape index (κ2) is 8.60. The Hall–Kier alpha value is -3.84. The van der Waals surface area contributed by atoms with Crippen molar-refractivity contribution in [2.24, 2.45) is 5.73 Å². The summed E-state index contributed by atoms with van der Waals surface area (Å²) in [6, 6.07) is 6.31. The third-order valence-electron chi connectivity index (χ3n) is 6.01. The number of aromatic nitrogens is 7. The monoisotopic (exact) mass is 442 g/mol. The number of fused-ring (bicyclic) bond motifs is 1. The standard InChI is InChI=1S/C23H26N10/c1-14(2)29-19-8-22(33-23-17(11-28-33)7-15(9-24)10-27-23)26-12-21(19)32-13-20(30-31-32)16-3-5-18(25)6-4-16/h7-8,10-14,16,18H,3-6,25H2,1-2H3,(H,26,29)/t16-,18-. The highest BCUT2D eigenvalue weighted by Gasteiger charge is 2.23. The first-order valence-electron chi connectivity index (χ1n) is 11.2. The van der Waals surface area contributed by atoms with Crippen molar-refractivity contribution in [3.63, 3.8) is 0 Å². The van der Waals surface area contributed by atoms with Crippen LogP contribution in [0.4, 0.5) is 5.69 Å². The fraction of sp³-hybridized carbons (Fsp3) is 0.391. The van der Waals surface area contributed by atoms with Gasteiger partial charge in [-0.2, -0.15) is 15.0 Å². The Morgan fingerprint density at radius 2 is 1.94 bits per heavy atom. The fourth-order valence-electron chi connectivity index (χ4n) is 4.31. The fourth-order valence-corrected chi connectivity index (χ4v) is 4.31. The Morgan fingerprint density at radius 3 is 2.70 bits per heavy atom. The molecule has 0 bridgehead atoms. The van der Waals surface area contributed by atoms with Crippen LogP contribution in [0.3, 0.4) is 0 Å². The molecule has 168 valence electrons. The lowest BCUT2D eigenvalue weighted by molar-refractivity contribution is 0.390. The van der Waals surface area contributed by atoms with E-state index in [0.29, 0.717) is 29.0 Å². The molecular formula is C23H26N10. The van der Waals surface area contributed by atoms with Gasteiger partial charge in [0.15, 0.2) is 11.5 Å². The molecule has 0 aromatic carbocycles. The van der Waals surface area contributed by atoms with Gasteiger partial charge in [0.1, 0.15) is 11.8 Å². The summed E-state index contributed by atoms with van der Waals surface area (Å²) in [6.07, 6.45) is 11.1. The highest BCUT2D eigenvalue weighted by Crippen LogP contribution is 2.32. The van der Waals surface area contributed by atoms with Crippen LogP contribution in [-0.2, 0) is 0 Å². The van der Waals surface area contributed by atoms with Crippen molar-refractivity contribution < 1.29 is 0 Å². The van der Waals surface area contributed by atoms with Gasteiger partial charge in [-0.1, -0.05) is 5.21 Å². The van der Waals surface area contributed by atoms with E-state index in [1.165, 1.54) is 6.20 Å². The maximum Gasteiger partial charge on any atom is 0.164 e. The molecule has 0 spiro atoms. The van der Waals surface area contributed by atoms with Crippen LogP contribution in [-0.4, -0.2) is 46.8 Å². The average molecular weight is 443 g/mol. The molecule has 10 nitrogen and oxygen atoms in total. The summed E-state index contributed by atoms with van der Waals surface area (Å²) >= 11 is 0. The summed E-state index contributed by atoms with van der Waals surface area (Å²) in [6.45, 7) is 4.16. The third-order valence-corrected chi connectivity index (χ3v) is 6.01. The van der Waals surface area contributed by atoms with Crippen molar-refractivity contribution in [1.82, 2.24) is 34.7 Å². The first kappa shape index (κ1) is 21.0. The number of nitrogens with two attached hydrogens (primary N) is 1. The molecule has 0 saturated heterocycles. The zero-order chi connectivity index (χ0) is 22.9. The van der Waals surface area contributed by atoms with Gasteiger partial charge in [0, 0.05) is 35.7 Å². The van der Waals surface area contributed by atoms with Crippen molar-refractivity contribution in [3.05, 3.63) is 48.2 Å². The zero-order valence-electron chi connectivity index (χ0n) is 18.7. The quantitative estimate of drug-likeness (QED) is 0.481. The molecule has 4 aromatic rings. The Labute approximate surface area is 191 Å². The zero-order valence-corrected chi connectivity index (χ0v) is 18.7. The molecule has 0 radical (unpaired) electrons. The number of hydrogen-bond donors (Lipinski definition) is 2. The predicted octanol–water partition coefficient (Wildman–Crippen LogP) is 3.07. The lowest BCUT2D eigenvalue weighted by Crippen LogP contribution is -2.25. The number of nitrogens with zero attached hydrogens (tertiary/aromatic N) is 8. The highest BCUT2D eigenvalue weighted by molar-refractivity contribution is 5.77. The molecule has 1 saturated carbocycles. The largest absolute Gasteiger partial charge is 0.381 e. The lowest BCUT2D eigenvalue weighted by Gasteiger charge is -2.24. The van der Waals surface area contributed by atoms with Gasteiger partial charge >= 0.3 is 0 Å². The minimum atomic E-state index is 0.201. The molecule has 33 heavy (non-hydrogen) atoms. The van der Waals surface area contributed by atoms with E-state index in [9.17, 15) is 0 Å². The normalized spacial score (nSPS) is 18.5. The van der Waals surface area contributed by atoms with E-state index in [0.717, 1.165) is 48.1 Å². The molecule has 0 unspecified atom stereocenters. The van der Waals surface area contributed by atoms with E-state index in [1.54, 1.807) is 27.8 Å². The maximum absolute atomic E-state index is 9.12. The summed E-state index contributed by atoms with van der Waals surface area (Å²) in [5.74, 6) is 1.02. The Morgan fingerprint density at radius 1 is 1.12 bits per heavy atom. The molecule has 4 aromatic heterocycles. The molecule has 0 amide bonds. The summed E-state index contributed by atoms with van der Waals surface area (Å²) in [5.41, 5.74) is 9.88.